The Morgan fingerprint density at radius 3 is 2.39 bits per heavy atom. The van der Waals surface area contributed by atoms with E-state index in [0.717, 1.165) is 26.0 Å². The first-order valence-corrected chi connectivity index (χ1v) is 15.6. The predicted molar refractivity (Wildman–Crippen MR) is 168 cm³/mol. The number of anilines is 2. The molecule has 0 aliphatic heterocycles. The van der Waals surface area contributed by atoms with Crippen molar-refractivity contribution in [3.8, 4) is 5.75 Å². The van der Waals surface area contributed by atoms with Gasteiger partial charge in [0, 0.05) is 17.1 Å². The van der Waals surface area contributed by atoms with E-state index in [1.807, 2.05) is 55.5 Å². The summed E-state index contributed by atoms with van der Waals surface area (Å²) in [5, 5.41) is 6.11. The van der Waals surface area contributed by atoms with Crippen molar-refractivity contribution in [2.24, 2.45) is 5.10 Å². The SMILES string of the molecule is CCOc1ccc(/C=N/N(C(=O)c2ccc(S(=O)(=O)N(C)c3ccccc3)cc2)c2nc3ccc(Br)cc3s2)cc1. The van der Waals surface area contributed by atoms with Crippen LogP contribution in [0.5, 0.6) is 5.75 Å². The number of para-hydroxylation sites is 1. The van der Waals surface area contributed by atoms with E-state index in [1.54, 1.807) is 30.5 Å². The average Bonchev–Trinajstić information content (AvgIpc) is 3.41. The van der Waals surface area contributed by atoms with Crippen molar-refractivity contribution in [1.29, 1.82) is 0 Å². The summed E-state index contributed by atoms with van der Waals surface area (Å²) in [6, 6.07) is 27.6. The number of thiazole rings is 1. The molecule has 0 radical (unpaired) electrons. The molecule has 5 rings (SSSR count). The van der Waals surface area contributed by atoms with Crippen LogP contribution in [0.4, 0.5) is 10.8 Å². The molecule has 0 spiro atoms. The van der Waals surface area contributed by atoms with E-state index in [0.29, 0.717) is 17.4 Å². The molecule has 0 atom stereocenters. The number of carbonyl (C=O) groups is 1. The number of hydrazone groups is 1. The Bertz CT molecular complexity index is 1810. The maximum atomic E-state index is 13.8. The van der Waals surface area contributed by atoms with Crippen LogP contribution in [0, 0.1) is 0 Å². The number of ether oxygens (including phenoxy) is 1. The Hall–Kier alpha value is -4.06. The summed E-state index contributed by atoms with van der Waals surface area (Å²) < 4.78 is 34.9. The van der Waals surface area contributed by atoms with Gasteiger partial charge in [-0.1, -0.05) is 45.5 Å². The smallest absolute Gasteiger partial charge is 0.280 e. The first-order chi connectivity index (χ1) is 19.8. The molecule has 0 saturated carbocycles. The minimum atomic E-state index is -3.83. The van der Waals surface area contributed by atoms with Gasteiger partial charge in [0.25, 0.3) is 15.9 Å². The molecule has 1 amide bonds. The first kappa shape index (κ1) is 28.5. The molecule has 0 fully saturated rings. The maximum Gasteiger partial charge on any atom is 0.280 e. The molecule has 0 saturated heterocycles. The van der Waals surface area contributed by atoms with Gasteiger partial charge < -0.3 is 4.74 Å². The summed E-state index contributed by atoms with van der Waals surface area (Å²) >= 11 is 4.80. The van der Waals surface area contributed by atoms with E-state index in [-0.39, 0.29) is 10.5 Å². The van der Waals surface area contributed by atoms with Crippen LogP contribution in [0.15, 0.2) is 112 Å². The van der Waals surface area contributed by atoms with Crippen molar-refractivity contribution in [2.45, 2.75) is 11.8 Å². The summed E-state index contributed by atoms with van der Waals surface area (Å²) in [6.07, 6.45) is 1.57. The molecule has 11 heteroatoms. The number of halogens is 1. The van der Waals surface area contributed by atoms with Crippen LogP contribution in [-0.2, 0) is 10.0 Å². The van der Waals surface area contributed by atoms with Crippen molar-refractivity contribution >= 4 is 70.4 Å². The lowest BCUT2D eigenvalue weighted by molar-refractivity contribution is 0.0987. The zero-order valence-corrected chi connectivity index (χ0v) is 25.4. The molecule has 8 nitrogen and oxygen atoms in total. The van der Waals surface area contributed by atoms with E-state index in [9.17, 15) is 13.2 Å². The third kappa shape index (κ3) is 6.32. The fraction of sp³-hybridized carbons (Fsp3) is 0.100. The minimum absolute atomic E-state index is 0.0645. The molecule has 0 bridgehead atoms. The fourth-order valence-electron chi connectivity index (χ4n) is 3.93. The molecule has 5 aromatic rings. The third-order valence-corrected chi connectivity index (χ3v) is 9.39. The van der Waals surface area contributed by atoms with Gasteiger partial charge in [-0.15, -0.1) is 0 Å². The summed E-state index contributed by atoms with van der Waals surface area (Å²) in [5.74, 6) is 0.285. The maximum absolute atomic E-state index is 13.8. The van der Waals surface area contributed by atoms with Gasteiger partial charge in [-0.05, 0) is 91.3 Å². The van der Waals surface area contributed by atoms with Gasteiger partial charge in [-0.3, -0.25) is 9.10 Å². The zero-order valence-electron chi connectivity index (χ0n) is 22.1. The molecule has 0 N–H and O–H groups in total. The quantitative estimate of drug-likeness (QED) is 0.127. The lowest BCUT2D eigenvalue weighted by Crippen LogP contribution is -2.27. The van der Waals surface area contributed by atoms with Crippen LogP contribution in [-0.4, -0.2) is 39.2 Å². The van der Waals surface area contributed by atoms with E-state index in [4.69, 9.17) is 4.74 Å². The number of aromatic nitrogens is 1. The van der Waals surface area contributed by atoms with Gasteiger partial charge in [0.2, 0.25) is 5.13 Å². The molecule has 1 aromatic heterocycles. The first-order valence-electron chi connectivity index (χ1n) is 12.6. The normalized spacial score (nSPS) is 11.6. The highest BCUT2D eigenvalue weighted by Gasteiger charge is 2.24. The monoisotopic (exact) mass is 648 g/mol. The number of amides is 1. The standard InChI is InChI=1S/C30H25BrN4O4S2/c1-3-39-25-14-9-21(10-15-25)20-32-35(30-33-27-18-13-23(31)19-28(27)40-30)29(36)22-11-16-26(17-12-22)41(37,38)34(2)24-7-5-4-6-8-24/h4-20H,3H2,1-2H3/b32-20+. The Morgan fingerprint density at radius 2 is 1.71 bits per heavy atom. The van der Waals surface area contributed by atoms with Crippen LogP contribution in [0.3, 0.4) is 0 Å². The zero-order chi connectivity index (χ0) is 29.0. The van der Waals surface area contributed by atoms with Gasteiger partial charge in [-0.25, -0.2) is 13.4 Å². The van der Waals surface area contributed by atoms with E-state index in [2.05, 4.69) is 26.0 Å². The molecule has 208 valence electrons. The van der Waals surface area contributed by atoms with Crippen LogP contribution in [0.2, 0.25) is 0 Å². The second-order valence-corrected chi connectivity index (χ2v) is 12.7. The second-order valence-electron chi connectivity index (χ2n) is 8.80. The van der Waals surface area contributed by atoms with Crippen molar-refractivity contribution in [3.05, 3.63) is 113 Å². The number of hydrogen-bond acceptors (Lipinski definition) is 7. The van der Waals surface area contributed by atoms with Gasteiger partial charge in [0.1, 0.15) is 5.75 Å². The van der Waals surface area contributed by atoms with E-state index < -0.39 is 15.9 Å². The Balaban J connectivity index is 1.46. The average molecular weight is 650 g/mol. The Labute approximate surface area is 250 Å². The number of sulfonamides is 1. The number of carbonyl (C=O) groups excluding carboxylic acids is 1. The molecule has 1 heterocycles. The van der Waals surface area contributed by atoms with Gasteiger partial charge in [0.05, 0.1) is 33.6 Å². The van der Waals surface area contributed by atoms with Crippen LogP contribution < -0.4 is 14.1 Å². The highest BCUT2D eigenvalue weighted by molar-refractivity contribution is 9.10. The van der Waals surface area contributed by atoms with Gasteiger partial charge in [-0.2, -0.15) is 10.1 Å². The summed E-state index contributed by atoms with van der Waals surface area (Å²) in [5.41, 5.74) is 2.29. The lowest BCUT2D eigenvalue weighted by Gasteiger charge is -2.19. The number of hydrogen-bond donors (Lipinski definition) is 0. The number of benzene rings is 4. The second kappa shape index (κ2) is 12.2. The van der Waals surface area contributed by atoms with Gasteiger partial charge >= 0.3 is 0 Å². The molecule has 0 aliphatic carbocycles. The molecule has 0 unspecified atom stereocenters. The van der Waals surface area contributed by atoms with Crippen molar-refractivity contribution in [1.82, 2.24) is 4.98 Å². The lowest BCUT2D eigenvalue weighted by atomic mass is 10.2. The predicted octanol–water partition coefficient (Wildman–Crippen LogP) is 6.96. The molecular weight excluding hydrogens is 624 g/mol. The summed E-state index contributed by atoms with van der Waals surface area (Å²) in [4.78, 5) is 18.5. The fourth-order valence-corrected chi connectivity index (χ4v) is 6.60. The van der Waals surface area contributed by atoms with Gasteiger partial charge in [0.15, 0.2) is 0 Å². The van der Waals surface area contributed by atoms with Crippen molar-refractivity contribution in [3.63, 3.8) is 0 Å². The molecule has 4 aromatic carbocycles. The molecular formula is C30H25BrN4O4S2. The van der Waals surface area contributed by atoms with E-state index in [1.165, 1.54) is 52.0 Å². The Kier molecular flexibility index (Phi) is 8.48. The van der Waals surface area contributed by atoms with Crippen LogP contribution >= 0.6 is 27.3 Å². The number of nitrogens with zero attached hydrogens (tertiary/aromatic N) is 4. The van der Waals surface area contributed by atoms with Crippen molar-refractivity contribution < 1.29 is 17.9 Å². The largest absolute Gasteiger partial charge is 0.494 e. The number of rotatable bonds is 9. The highest BCUT2D eigenvalue weighted by atomic mass is 79.9. The summed E-state index contributed by atoms with van der Waals surface area (Å²) in [7, 11) is -2.34. The van der Waals surface area contributed by atoms with Crippen molar-refractivity contribution in [2.75, 3.05) is 23.0 Å². The topological polar surface area (TPSA) is 92.2 Å². The third-order valence-electron chi connectivity index (χ3n) is 6.11. The van der Waals surface area contributed by atoms with E-state index >= 15 is 0 Å². The van der Waals surface area contributed by atoms with Crippen LogP contribution in [0.25, 0.3) is 10.2 Å². The Morgan fingerprint density at radius 1 is 1.00 bits per heavy atom. The summed E-state index contributed by atoms with van der Waals surface area (Å²) in [6.45, 7) is 2.48. The minimum Gasteiger partial charge on any atom is -0.494 e. The van der Waals surface area contributed by atoms with Crippen LogP contribution in [0.1, 0.15) is 22.8 Å². The molecule has 41 heavy (non-hydrogen) atoms. The highest BCUT2D eigenvalue weighted by Crippen LogP contribution is 2.32. The number of fused-ring (bicyclic) bond motifs is 1. The molecule has 0 aliphatic rings.